The molecule has 1 atom stereocenters. The van der Waals surface area contributed by atoms with E-state index in [1.54, 1.807) is 11.3 Å². The van der Waals surface area contributed by atoms with Gasteiger partial charge in [-0.3, -0.25) is 14.5 Å². The molecular weight excluding hydrogens is 256 g/mol. The zero-order chi connectivity index (χ0) is 12.3. The summed E-state index contributed by atoms with van der Waals surface area (Å²) in [5.74, 6) is 0.580. The Morgan fingerprint density at radius 3 is 3.00 bits per heavy atom. The van der Waals surface area contributed by atoms with Crippen molar-refractivity contribution in [1.82, 2.24) is 4.90 Å². The van der Waals surface area contributed by atoms with Gasteiger partial charge in [0.05, 0.1) is 11.8 Å². The molecule has 4 nitrogen and oxygen atoms in total. The van der Waals surface area contributed by atoms with Crippen LogP contribution in [-0.4, -0.2) is 34.3 Å². The Hall–Kier alpha value is -0.850. The minimum absolute atomic E-state index is 0.0677. The summed E-state index contributed by atoms with van der Waals surface area (Å²) in [6, 6.07) is 3.86. The Balaban J connectivity index is 1.99. The SMILES string of the molecule is NCCS[C@H]1CC(=O)N(Cc2cccs2)C1=O. The Morgan fingerprint density at radius 2 is 2.35 bits per heavy atom. The van der Waals surface area contributed by atoms with Crippen molar-refractivity contribution in [1.29, 1.82) is 0 Å². The second-order valence-corrected chi connectivity index (χ2v) is 6.09. The van der Waals surface area contributed by atoms with Crippen LogP contribution in [0, 0.1) is 0 Å². The maximum atomic E-state index is 12.0. The Labute approximate surface area is 108 Å². The summed E-state index contributed by atoms with van der Waals surface area (Å²) in [4.78, 5) is 26.1. The van der Waals surface area contributed by atoms with Gasteiger partial charge in [-0.05, 0) is 11.4 Å². The molecule has 1 aliphatic rings. The molecule has 1 aromatic heterocycles. The van der Waals surface area contributed by atoms with E-state index in [-0.39, 0.29) is 17.1 Å². The highest BCUT2D eigenvalue weighted by Crippen LogP contribution is 2.26. The molecule has 0 unspecified atom stereocenters. The van der Waals surface area contributed by atoms with E-state index < -0.39 is 0 Å². The van der Waals surface area contributed by atoms with Crippen molar-refractivity contribution in [3.8, 4) is 0 Å². The highest BCUT2D eigenvalue weighted by atomic mass is 32.2. The normalized spacial score (nSPS) is 20.3. The third-order valence-corrected chi connectivity index (χ3v) is 4.64. The van der Waals surface area contributed by atoms with Crippen LogP contribution >= 0.6 is 23.1 Å². The fourth-order valence-corrected chi connectivity index (χ4v) is 3.36. The van der Waals surface area contributed by atoms with Gasteiger partial charge in [-0.25, -0.2) is 0 Å². The molecule has 2 amide bonds. The van der Waals surface area contributed by atoms with Crippen molar-refractivity contribution < 1.29 is 9.59 Å². The van der Waals surface area contributed by atoms with Crippen molar-refractivity contribution in [3.05, 3.63) is 22.4 Å². The largest absolute Gasteiger partial charge is 0.330 e. The minimum Gasteiger partial charge on any atom is -0.330 e. The van der Waals surface area contributed by atoms with Gasteiger partial charge in [0.1, 0.15) is 0 Å². The van der Waals surface area contributed by atoms with Gasteiger partial charge in [-0.15, -0.1) is 23.1 Å². The topological polar surface area (TPSA) is 63.4 Å². The van der Waals surface area contributed by atoms with E-state index in [4.69, 9.17) is 5.73 Å². The number of likely N-dealkylation sites (tertiary alicyclic amines) is 1. The van der Waals surface area contributed by atoms with Crippen LogP contribution in [0.4, 0.5) is 0 Å². The van der Waals surface area contributed by atoms with Crippen LogP contribution in [0.2, 0.25) is 0 Å². The van der Waals surface area contributed by atoms with Crippen molar-refractivity contribution in [2.75, 3.05) is 12.3 Å². The number of amides is 2. The van der Waals surface area contributed by atoms with E-state index in [9.17, 15) is 9.59 Å². The van der Waals surface area contributed by atoms with E-state index in [0.717, 1.165) is 10.6 Å². The lowest BCUT2D eigenvalue weighted by Crippen LogP contribution is -2.30. The first-order valence-electron chi connectivity index (χ1n) is 5.40. The molecule has 2 N–H and O–H groups in total. The first-order valence-corrected chi connectivity index (χ1v) is 7.33. The predicted octanol–water partition coefficient (Wildman–Crippen LogP) is 1.07. The fourth-order valence-electron chi connectivity index (χ4n) is 1.72. The van der Waals surface area contributed by atoms with Gasteiger partial charge >= 0.3 is 0 Å². The molecule has 1 aromatic rings. The second-order valence-electron chi connectivity index (χ2n) is 3.75. The first kappa shape index (κ1) is 12.6. The number of nitrogens with two attached hydrogens (primary N) is 1. The number of hydrogen-bond donors (Lipinski definition) is 1. The number of imide groups is 1. The van der Waals surface area contributed by atoms with Gasteiger partial charge in [0, 0.05) is 23.6 Å². The lowest BCUT2D eigenvalue weighted by molar-refractivity contribution is -0.138. The van der Waals surface area contributed by atoms with Crippen molar-refractivity contribution in [3.63, 3.8) is 0 Å². The van der Waals surface area contributed by atoms with Crippen LogP contribution < -0.4 is 5.73 Å². The highest BCUT2D eigenvalue weighted by molar-refractivity contribution is 8.00. The summed E-state index contributed by atoms with van der Waals surface area (Å²) in [5.41, 5.74) is 5.40. The third-order valence-electron chi connectivity index (χ3n) is 2.53. The third kappa shape index (κ3) is 2.88. The molecule has 1 aliphatic heterocycles. The monoisotopic (exact) mass is 270 g/mol. The highest BCUT2D eigenvalue weighted by Gasteiger charge is 2.38. The van der Waals surface area contributed by atoms with Crippen molar-refractivity contribution in [2.45, 2.75) is 18.2 Å². The summed E-state index contributed by atoms with van der Waals surface area (Å²) in [6.07, 6.45) is 0.314. The van der Waals surface area contributed by atoms with Crippen LogP contribution in [0.1, 0.15) is 11.3 Å². The molecule has 1 fully saturated rings. The smallest absolute Gasteiger partial charge is 0.243 e. The van der Waals surface area contributed by atoms with Gasteiger partial charge in [0.2, 0.25) is 11.8 Å². The van der Waals surface area contributed by atoms with E-state index in [1.165, 1.54) is 16.7 Å². The Morgan fingerprint density at radius 1 is 1.53 bits per heavy atom. The van der Waals surface area contributed by atoms with Gasteiger partial charge < -0.3 is 5.73 Å². The summed E-state index contributed by atoms with van der Waals surface area (Å²) >= 11 is 3.04. The second kappa shape index (κ2) is 5.66. The number of thiophene rings is 1. The number of carbonyl (C=O) groups excluding carboxylic acids is 2. The van der Waals surface area contributed by atoms with Crippen LogP contribution in [-0.2, 0) is 16.1 Å². The summed E-state index contributed by atoms with van der Waals surface area (Å²) in [6.45, 7) is 0.947. The summed E-state index contributed by atoms with van der Waals surface area (Å²) < 4.78 is 0. The minimum atomic E-state index is -0.231. The molecule has 17 heavy (non-hydrogen) atoms. The average Bonchev–Trinajstić information content (AvgIpc) is 2.90. The molecule has 6 heteroatoms. The molecule has 0 spiro atoms. The fraction of sp³-hybridized carbons (Fsp3) is 0.455. The van der Waals surface area contributed by atoms with E-state index in [0.29, 0.717) is 19.5 Å². The summed E-state index contributed by atoms with van der Waals surface area (Å²) in [7, 11) is 0. The molecule has 92 valence electrons. The van der Waals surface area contributed by atoms with E-state index >= 15 is 0 Å². The average molecular weight is 270 g/mol. The first-order chi connectivity index (χ1) is 8.22. The quantitative estimate of drug-likeness (QED) is 0.813. The Kier molecular flexibility index (Phi) is 4.20. The number of hydrogen-bond acceptors (Lipinski definition) is 5. The lowest BCUT2D eigenvalue weighted by atomic mass is 10.4. The molecule has 2 heterocycles. The molecule has 0 saturated carbocycles. The molecular formula is C11H14N2O2S2. The van der Waals surface area contributed by atoms with Crippen LogP contribution in [0.15, 0.2) is 17.5 Å². The number of carbonyl (C=O) groups is 2. The maximum absolute atomic E-state index is 12.0. The van der Waals surface area contributed by atoms with Crippen LogP contribution in [0.5, 0.6) is 0 Å². The Bertz CT molecular complexity index is 406. The summed E-state index contributed by atoms with van der Waals surface area (Å²) in [5, 5.41) is 1.71. The lowest BCUT2D eigenvalue weighted by Gasteiger charge is -2.13. The number of rotatable bonds is 5. The van der Waals surface area contributed by atoms with Crippen molar-refractivity contribution in [2.24, 2.45) is 5.73 Å². The van der Waals surface area contributed by atoms with E-state index in [2.05, 4.69) is 0 Å². The standard InChI is InChI=1S/C11H14N2O2S2/c12-3-5-17-9-6-10(14)13(11(9)15)7-8-2-1-4-16-8/h1-2,4,9H,3,5-7,12H2/t9-/m0/s1. The molecule has 0 aromatic carbocycles. The van der Waals surface area contributed by atoms with Gasteiger partial charge in [0.15, 0.2) is 0 Å². The molecule has 2 rings (SSSR count). The number of thioether (sulfide) groups is 1. The van der Waals surface area contributed by atoms with Crippen LogP contribution in [0.3, 0.4) is 0 Å². The van der Waals surface area contributed by atoms with Crippen molar-refractivity contribution >= 4 is 34.9 Å². The van der Waals surface area contributed by atoms with Gasteiger partial charge in [-0.1, -0.05) is 6.07 Å². The van der Waals surface area contributed by atoms with Crippen LogP contribution in [0.25, 0.3) is 0 Å². The predicted molar refractivity (Wildman–Crippen MR) is 69.8 cm³/mol. The molecule has 0 radical (unpaired) electrons. The molecule has 0 bridgehead atoms. The number of nitrogens with zero attached hydrogens (tertiary/aromatic N) is 1. The zero-order valence-electron chi connectivity index (χ0n) is 9.30. The maximum Gasteiger partial charge on any atom is 0.243 e. The molecule has 0 aliphatic carbocycles. The van der Waals surface area contributed by atoms with Gasteiger partial charge in [-0.2, -0.15) is 0 Å². The zero-order valence-corrected chi connectivity index (χ0v) is 10.9. The van der Waals surface area contributed by atoms with E-state index in [1.807, 2.05) is 17.5 Å². The molecule has 1 saturated heterocycles. The van der Waals surface area contributed by atoms with Gasteiger partial charge in [0.25, 0.3) is 0 Å².